The van der Waals surface area contributed by atoms with Crippen molar-refractivity contribution in [3.8, 4) is 0 Å². The van der Waals surface area contributed by atoms with Crippen molar-refractivity contribution in [1.29, 1.82) is 0 Å². The number of aromatic nitrogens is 2. The lowest BCUT2D eigenvalue weighted by atomic mass is 10.1. The van der Waals surface area contributed by atoms with Crippen LogP contribution in [-0.2, 0) is 11.2 Å². The summed E-state index contributed by atoms with van der Waals surface area (Å²) in [5, 5.41) is 10.3. The van der Waals surface area contributed by atoms with Crippen molar-refractivity contribution in [2.45, 2.75) is 12.8 Å². The minimum Gasteiger partial charge on any atom is -0.417 e. The molecule has 0 aliphatic rings. The van der Waals surface area contributed by atoms with Gasteiger partial charge >= 0.3 is 11.8 Å². The molecular formula is C14H15ClFN3O3. The molecule has 0 atom stereocenters. The molecule has 0 fully saturated rings. The number of halogens is 2. The van der Waals surface area contributed by atoms with Gasteiger partial charge < -0.3 is 14.5 Å². The van der Waals surface area contributed by atoms with Gasteiger partial charge in [0.2, 0.25) is 5.89 Å². The number of benzene rings is 1. The molecule has 0 unspecified atom stereocenters. The van der Waals surface area contributed by atoms with E-state index in [1.807, 2.05) is 0 Å². The van der Waals surface area contributed by atoms with Crippen molar-refractivity contribution < 1.29 is 18.3 Å². The molecule has 0 saturated heterocycles. The number of rotatable bonds is 7. The van der Waals surface area contributed by atoms with Crippen LogP contribution < -0.4 is 5.32 Å². The number of amides is 1. The molecule has 2 rings (SSSR count). The summed E-state index contributed by atoms with van der Waals surface area (Å²) in [6.45, 7) is 0.977. The van der Waals surface area contributed by atoms with Gasteiger partial charge in [-0.1, -0.05) is 17.7 Å². The second kappa shape index (κ2) is 7.86. The molecule has 1 heterocycles. The van der Waals surface area contributed by atoms with Crippen LogP contribution in [0, 0.1) is 5.82 Å². The van der Waals surface area contributed by atoms with Gasteiger partial charge in [-0.05, 0) is 18.6 Å². The zero-order chi connectivity index (χ0) is 15.9. The van der Waals surface area contributed by atoms with Gasteiger partial charge in [-0.2, -0.15) is 0 Å². The van der Waals surface area contributed by atoms with Crippen LogP contribution in [0.25, 0.3) is 0 Å². The van der Waals surface area contributed by atoms with Gasteiger partial charge in [-0.15, -0.1) is 10.2 Å². The third kappa shape index (κ3) is 4.25. The molecule has 1 aromatic carbocycles. The zero-order valence-corrected chi connectivity index (χ0v) is 12.7. The number of ether oxygens (including phenoxy) is 1. The fourth-order valence-corrected chi connectivity index (χ4v) is 1.99. The fourth-order valence-electron chi connectivity index (χ4n) is 1.76. The van der Waals surface area contributed by atoms with Gasteiger partial charge in [0.25, 0.3) is 0 Å². The SMILES string of the molecule is COCCCNC(=O)c1nnc(Cc2c(F)cccc2Cl)o1. The molecule has 8 heteroatoms. The van der Waals surface area contributed by atoms with Crippen molar-refractivity contribution in [3.63, 3.8) is 0 Å². The Hall–Kier alpha value is -1.99. The molecular weight excluding hydrogens is 313 g/mol. The van der Waals surface area contributed by atoms with E-state index in [-0.39, 0.29) is 28.8 Å². The largest absolute Gasteiger partial charge is 0.417 e. The first-order valence-corrected chi connectivity index (χ1v) is 7.02. The predicted octanol–water partition coefficient (Wildman–Crippen LogP) is 2.22. The van der Waals surface area contributed by atoms with E-state index in [1.54, 1.807) is 13.2 Å². The standard InChI is InChI=1S/C14H15ClFN3O3/c1-21-7-3-6-17-13(20)14-19-18-12(22-14)8-9-10(15)4-2-5-11(9)16/h2,4-5H,3,6-8H2,1H3,(H,17,20). The molecule has 0 aliphatic heterocycles. The number of nitrogens with zero attached hydrogens (tertiary/aromatic N) is 2. The van der Waals surface area contributed by atoms with Gasteiger partial charge in [0, 0.05) is 30.8 Å². The third-order valence-corrected chi connectivity index (χ3v) is 3.22. The van der Waals surface area contributed by atoms with Crippen LogP contribution in [0.2, 0.25) is 5.02 Å². The summed E-state index contributed by atoms with van der Waals surface area (Å²) in [7, 11) is 1.58. The lowest BCUT2D eigenvalue weighted by molar-refractivity contribution is 0.0912. The highest BCUT2D eigenvalue weighted by Crippen LogP contribution is 2.21. The molecule has 6 nitrogen and oxygen atoms in total. The summed E-state index contributed by atoms with van der Waals surface area (Å²) in [5.41, 5.74) is 0.250. The molecule has 2 aromatic rings. The number of carbonyl (C=O) groups is 1. The second-order valence-corrected chi connectivity index (χ2v) is 4.89. The quantitative estimate of drug-likeness (QED) is 0.789. The Labute approximate surface area is 131 Å². The van der Waals surface area contributed by atoms with Crippen molar-refractivity contribution in [1.82, 2.24) is 15.5 Å². The number of hydrogen-bond donors (Lipinski definition) is 1. The Bertz CT molecular complexity index is 628. The highest BCUT2D eigenvalue weighted by atomic mass is 35.5. The summed E-state index contributed by atoms with van der Waals surface area (Å²) in [4.78, 5) is 11.8. The van der Waals surface area contributed by atoms with Crippen LogP contribution >= 0.6 is 11.6 Å². The predicted molar refractivity (Wildman–Crippen MR) is 77.3 cm³/mol. The van der Waals surface area contributed by atoms with Gasteiger partial charge in [0.05, 0.1) is 6.42 Å². The second-order valence-electron chi connectivity index (χ2n) is 4.48. The molecule has 0 saturated carbocycles. The van der Waals surface area contributed by atoms with E-state index < -0.39 is 11.7 Å². The maximum atomic E-state index is 13.7. The Morgan fingerprint density at radius 2 is 2.27 bits per heavy atom. The summed E-state index contributed by atoms with van der Waals surface area (Å²) < 4.78 is 23.8. The normalized spacial score (nSPS) is 10.7. The Morgan fingerprint density at radius 3 is 3.00 bits per heavy atom. The molecule has 1 aromatic heterocycles. The maximum absolute atomic E-state index is 13.7. The monoisotopic (exact) mass is 327 g/mol. The van der Waals surface area contributed by atoms with Crippen LogP contribution in [0.15, 0.2) is 22.6 Å². The molecule has 0 bridgehead atoms. The lowest BCUT2D eigenvalue weighted by Crippen LogP contribution is -2.25. The van der Waals surface area contributed by atoms with E-state index in [2.05, 4.69) is 15.5 Å². The number of hydrogen-bond acceptors (Lipinski definition) is 5. The number of carbonyl (C=O) groups excluding carboxylic acids is 1. The highest BCUT2D eigenvalue weighted by Gasteiger charge is 2.16. The van der Waals surface area contributed by atoms with Crippen molar-refractivity contribution in [2.75, 3.05) is 20.3 Å². The first-order valence-electron chi connectivity index (χ1n) is 6.64. The molecule has 0 aliphatic carbocycles. The van der Waals surface area contributed by atoms with Crippen LogP contribution in [0.4, 0.5) is 4.39 Å². The summed E-state index contributed by atoms with van der Waals surface area (Å²) in [5.74, 6) is -0.986. The minimum atomic E-state index is -0.477. The van der Waals surface area contributed by atoms with Crippen molar-refractivity contribution >= 4 is 17.5 Å². The van der Waals surface area contributed by atoms with Gasteiger partial charge in [0.1, 0.15) is 5.82 Å². The fraction of sp³-hybridized carbons (Fsp3) is 0.357. The van der Waals surface area contributed by atoms with Crippen LogP contribution in [0.5, 0.6) is 0 Å². The van der Waals surface area contributed by atoms with Crippen LogP contribution in [0.1, 0.15) is 28.6 Å². The van der Waals surface area contributed by atoms with Crippen LogP contribution in [0.3, 0.4) is 0 Å². The van der Waals surface area contributed by atoms with E-state index in [0.717, 1.165) is 0 Å². The van der Waals surface area contributed by atoms with Crippen molar-refractivity contribution in [2.24, 2.45) is 0 Å². The average Bonchev–Trinajstić information content (AvgIpc) is 2.96. The molecule has 0 radical (unpaired) electrons. The van der Waals surface area contributed by atoms with Gasteiger partial charge in [-0.25, -0.2) is 4.39 Å². The van der Waals surface area contributed by atoms with Crippen LogP contribution in [-0.4, -0.2) is 36.4 Å². The van der Waals surface area contributed by atoms with E-state index in [9.17, 15) is 9.18 Å². The first-order chi connectivity index (χ1) is 10.6. The molecule has 22 heavy (non-hydrogen) atoms. The van der Waals surface area contributed by atoms with E-state index in [1.165, 1.54) is 12.1 Å². The van der Waals surface area contributed by atoms with E-state index in [0.29, 0.717) is 19.6 Å². The first kappa shape index (κ1) is 16.4. The smallest absolute Gasteiger partial charge is 0.308 e. The molecule has 0 spiro atoms. The Balaban J connectivity index is 1.98. The summed E-state index contributed by atoms with van der Waals surface area (Å²) >= 11 is 5.93. The Kier molecular flexibility index (Phi) is 5.85. The molecule has 118 valence electrons. The topological polar surface area (TPSA) is 77.2 Å². The van der Waals surface area contributed by atoms with Gasteiger partial charge in [0.15, 0.2) is 0 Å². The van der Waals surface area contributed by atoms with E-state index >= 15 is 0 Å². The average molecular weight is 328 g/mol. The summed E-state index contributed by atoms with van der Waals surface area (Å²) in [6.07, 6.45) is 0.698. The van der Waals surface area contributed by atoms with Gasteiger partial charge in [-0.3, -0.25) is 4.79 Å². The number of nitrogens with one attached hydrogen (secondary N) is 1. The minimum absolute atomic E-state index is 0.0233. The van der Waals surface area contributed by atoms with Crippen molar-refractivity contribution in [3.05, 3.63) is 46.4 Å². The molecule has 1 amide bonds. The zero-order valence-electron chi connectivity index (χ0n) is 11.9. The summed E-state index contributed by atoms with van der Waals surface area (Å²) in [6, 6.07) is 4.37. The Morgan fingerprint density at radius 1 is 1.45 bits per heavy atom. The maximum Gasteiger partial charge on any atom is 0.308 e. The highest BCUT2D eigenvalue weighted by molar-refractivity contribution is 6.31. The number of methoxy groups -OCH3 is 1. The molecule has 1 N–H and O–H groups in total. The lowest BCUT2D eigenvalue weighted by Gasteiger charge is -2.02. The third-order valence-electron chi connectivity index (χ3n) is 2.86. The van der Waals surface area contributed by atoms with E-state index in [4.69, 9.17) is 20.8 Å².